The van der Waals surface area contributed by atoms with E-state index < -0.39 is 0 Å². The first-order valence-corrected chi connectivity index (χ1v) is 8.82. The molecule has 3 rings (SSSR count). The van der Waals surface area contributed by atoms with Crippen molar-refractivity contribution in [3.63, 3.8) is 0 Å². The zero-order valence-corrected chi connectivity index (χ0v) is 15.1. The van der Waals surface area contributed by atoms with Gasteiger partial charge in [-0.15, -0.1) is 0 Å². The number of anilines is 2. The van der Waals surface area contributed by atoms with Gasteiger partial charge >= 0.3 is 0 Å². The van der Waals surface area contributed by atoms with Crippen LogP contribution in [0.1, 0.15) is 24.5 Å². The molecule has 1 saturated heterocycles. The molecule has 0 unspecified atom stereocenters. The van der Waals surface area contributed by atoms with E-state index in [0.717, 1.165) is 17.7 Å². The Kier molecular flexibility index (Phi) is 5.09. The summed E-state index contributed by atoms with van der Waals surface area (Å²) in [5, 5.41) is 3.47. The number of nitrogens with zero attached hydrogens (tertiary/aromatic N) is 1. The summed E-state index contributed by atoms with van der Waals surface area (Å²) in [6, 6.07) is 13.3. The lowest BCUT2D eigenvalue weighted by Gasteiger charge is -2.17. The zero-order valence-electron chi connectivity index (χ0n) is 14.4. The van der Waals surface area contributed by atoms with Crippen LogP contribution in [0, 0.1) is 12.8 Å². The smallest absolute Gasteiger partial charge is 0.229 e. The number of halogens is 1. The van der Waals surface area contributed by atoms with E-state index in [2.05, 4.69) is 12.2 Å². The average molecular weight is 357 g/mol. The Labute approximate surface area is 152 Å². The lowest BCUT2D eigenvalue weighted by atomic mass is 10.1. The Morgan fingerprint density at radius 3 is 2.60 bits per heavy atom. The maximum atomic E-state index is 12.5. The van der Waals surface area contributed by atoms with E-state index in [4.69, 9.17) is 11.6 Å². The summed E-state index contributed by atoms with van der Waals surface area (Å²) in [6.45, 7) is 4.40. The van der Waals surface area contributed by atoms with Gasteiger partial charge in [-0.2, -0.15) is 0 Å². The quantitative estimate of drug-likeness (QED) is 0.892. The summed E-state index contributed by atoms with van der Waals surface area (Å²) in [6.07, 6.45) is 1.18. The van der Waals surface area contributed by atoms with Crippen LogP contribution >= 0.6 is 11.6 Å². The Bertz CT molecular complexity index is 802. The molecule has 0 aliphatic carbocycles. The molecule has 2 aromatic rings. The second-order valence-electron chi connectivity index (χ2n) is 6.38. The number of aryl methyl sites for hydroxylation is 2. The van der Waals surface area contributed by atoms with Gasteiger partial charge in [-0.05, 0) is 48.7 Å². The minimum atomic E-state index is -0.363. The molecule has 1 atom stereocenters. The van der Waals surface area contributed by atoms with Crippen molar-refractivity contribution in [2.75, 3.05) is 16.8 Å². The van der Waals surface area contributed by atoms with Gasteiger partial charge in [-0.3, -0.25) is 9.59 Å². The standard InChI is InChI=1S/C20H21ClN2O2/c1-3-14-5-8-17(9-6-14)23-12-15(10-19(23)24)20(25)22-16-7-4-13(2)18(21)11-16/h4-9,11,15H,3,10,12H2,1-2H3,(H,22,25)/t15-/m1/s1. The van der Waals surface area contributed by atoms with Crippen molar-refractivity contribution in [3.8, 4) is 0 Å². The Hall–Kier alpha value is -2.33. The third kappa shape index (κ3) is 3.85. The van der Waals surface area contributed by atoms with Crippen LogP contribution in [0.25, 0.3) is 0 Å². The molecule has 0 radical (unpaired) electrons. The molecule has 1 heterocycles. The van der Waals surface area contributed by atoms with Crippen LogP contribution in [0.5, 0.6) is 0 Å². The van der Waals surface area contributed by atoms with E-state index in [1.54, 1.807) is 11.0 Å². The third-order valence-corrected chi connectivity index (χ3v) is 5.00. The predicted molar refractivity (Wildman–Crippen MR) is 101 cm³/mol. The summed E-state index contributed by atoms with van der Waals surface area (Å²) in [5.74, 6) is -0.536. The fourth-order valence-corrected chi connectivity index (χ4v) is 3.14. The van der Waals surface area contributed by atoms with Crippen molar-refractivity contribution >= 4 is 34.8 Å². The fourth-order valence-electron chi connectivity index (χ4n) is 2.96. The summed E-state index contributed by atoms with van der Waals surface area (Å²) >= 11 is 6.09. The van der Waals surface area contributed by atoms with Gasteiger partial charge in [0.15, 0.2) is 0 Å². The van der Waals surface area contributed by atoms with E-state index in [1.165, 1.54) is 5.56 Å². The van der Waals surface area contributed by atoms with Crippen LogP contribution in [-0.4, -0.2) is 18.4 Å². The SMILES string of the molecule is CCc1ccc(N2C[C@H](C(=O)Nc3ccc(C)c(Cl)c3)CC2=O)cc1. The first-order valence-electron chi connectivity index (χ1n) is 8.44. The predicted octanol–water partition coefficient (Wildman–Crippen LogP) is 4.20. The molecule has 0 spiro atoms. The maximum Gasteiger partial charge on any atom is 0.229 e. The first kappa shape index (κ1) is 17.5. The van der Waals surface area contributed by atoms with Gasteiger partial charge in [0.05, 0.1) is 5.92 Å². The van der Waals surface area contributed by atoms with Gasteiger partial charge in [-0.1, -0.05) is 36.7 Å². The number of carbonyl (C=O) groups is 2. The van der Waals surface area contributed by atoms with Gasteiger partial charge in [-0.25, -0.2) is 0 Å². The van der Waals surface area contributed by atoms with E-state index in [-0.39, 0.29) is 24.2 Å². The second-order valence-corrected chi connectivity index (χ2v) is 6.79. The van der Waals surface area contributed by atoms with E-state index in [0.29, 0.717) is 17.3 Å². The zero-order chi connectivity index (χ0) is 18.0. The maximum absolute atomic E-state index is 12.5. The second kappa shape index (κ2) is 7.28. The van der Waals surface area contributed by atoms with Crippen LogP contribution in [0.4, 0.5) is 11.4 Å². The van der Waals surface area contributed by atoms with Crippen molar-refractivity contribution in [1.82, 2.24) is 0 Å². The number of nitrogens with one attached hydrogen (secondary N) is 1. The first-order chi connectivity index (χ1) is 12.0. The third-order valence-electron chi connectivity index (χ3n) is 4.59. The van der Waals surface area contributed by atoms with Gasteiger partial charge in [0.2, 0.25) is 11.8 Å². The molecule has 0 aromatic heterocycles. The summed E-state index contributed by atoms with van der Waals surface area (Å²) in [7, 11) is 0. The van der Waals surface area contributed by atoms with Gasteiger partial charge < -0.3 is 10.2 Å². The molecule has 1 aliphatic rings. The van der Waals surface area contributed by atoms with Crippen LogP contribution in [0.3, 0.4) is 0 Å². The molecule has 4 nitrogen and oxygen atoms in total. The largest absolute Gasteiger partial charge is 0.326 e. The highest BCUT2D eigenvalue weighted by Crippen LogP contribution is 2.27. The number of hydrogen-bond donors (Lipinski definition) is 1. The van der Waals surface area contributed by atoms with Crippen molar-refractivity contribution in [2.45, 2.75) is 26.7 Å². The van der Waals surface area contributed by atoms with Gasteiger partial charge in [0.25, 0.3) is 0 Å². The Morgan fingerprint density at radius 1 is 1.24 bits per heavy atom. The lowest BCUT2D eigenvalue weighted by Crippen LogP contribution is -2.28. The highest BCUT2D eigenvalue weighted by atomic mass is 35.5. The molecule has 0 bridgehead atoms. The lowest BCUT2D eigenvalue weighted by molar-refractivity contribution is -0.122. The van der Waals surface area contributed by atoms with Crippen molar-refractivity contribution in [3.05, 3.63) is 58.6 Å². The van der Waals surface area contributed by atoms with E-state index >= 15 is 0 Å². The van der Waals surface area contributed by atoms with Gasteiger partial charge in [0.1, 0.15) is 0 Å². The molecular formula is C20H21ClN2O2. The molecule has 130 valence electrons. The van der Waals surface area contributed by atoms with E-state index in [1.807, 2.05) is 43.3 Å². The molecular weight excluding hydrogens is 336 g/mol. The van der Waals surface area contributed by atoms with Crippen molar-refractivity contribution in [2.24, 2.45) is 5.92 Å². The number of rotatable bonds is 4. The minimum Gasteiger partial charge on any atom is -0.326 e. The molecule has 1 aliphatic heterocycles. The normalized spacial score (nSPS) is 17.0. The minimum absolute atomic E-state index is 0.0219. The number of hydrogen-bond acceptors (Lipinski definition) is 2. The Morgan fingerprint density at radius 2 is 1.96 bits per heavy atom. The Balaban J connectivity index is 1.68. The van der Waals surface area contributed by atoms with Crippen LogP contribution < -0.4 is 10.2 Å². The highest BCUT2D eigenvalue weighted by Gasteiger charge is 2.35. The molecule has 1 fully saturated rings. The van der Waals surface area contributed by atoms with Crippen LogP contribution in [0.2, 0.25) is 5.02 Å². The summed E-state index contributed by atoms with van der Waals surface area (Å²) < 4.78 is 0. The van der Waals surface area contributed by atoms with Crippen molar-refractivity contribution < 1.29 is 9.59 Å². The number of benzene rings is 2. The van der Waals surface area contributed by atoms with Crippen LogP contribution in [0.15, 0.2) is 42.5 Å². The van der Waals surface area contributed by atoms with Crippen molar-refractivity contribution in [1.29, 1.82) is 0 Å². The highest BCUT2D eigenvalue weighted by molar-refractivity contribution is 6.31. The van der Waals surface area contributed by atoms with Gasteiger partial charge in [0, 0.05) is 29.4 Å². The molecule has 0 saturated carbocycles. The molecule has 1 N–H and O–H groups in total. The number of carbonyl (C=O) groups excluding carboxylic acids is 2. The molecule has 5 heteroatoms. The molecule has 2 aromatic carbocycles. The monoisotopic (exact) mass is 356 g/mol. The van der Waals surface area contributed by atoms with Crippen LogP contribution in [-0.2, 0) is 16.0 Å². The topological polar surface area (TPSA) is 49.4 Å². The molecule has 25 heavy (non-hydrogen) atoms. The fraction of sp³-hybridized carbons (Fsp3) is 0.300. The number of amides is 2. The molecule has 2 amide bonds. The summed E-state index contributed by atoms with van der Waals surface area (Å²) in [5.41, 5.74) is 3.67. The van der Waals surface area contributed by atoms with E-state index in [9.17, 15) is 9.59 Å². The average Bonchev–Trinajstić information content (AvgIpc) is 3.00. The summed E-state index contributed by atoms with van der Waals surface area (Å²) in [4.78, 5) is 26.5.